The average Bonchev–Trinajstić information content (AvgIpc) is 3.02. The number of carbonyl (C=O) groups excluding carboxylic acids is 1. The Morgan fingerprint density at radius 2 is 2.37 bits per heavy atom. The summed E-state index contributed by atoms with van der Waals surface area (Å²) in [5.41, 5.74) is 3.99. The number of carbonyl (C=O) groups is 1. The number of thioether (sulfide) groups is 1. The molecule has 2 heterocycles. The minimum Gasteiger partial charge on any atom is -0.308 e. The van der Waals surface area contributed by atoms with Crippen molar-refractivity contribution in [1.29, 1.82) is 0 Å². The van der Waals surface area contributed by atoms with Crippen LogP contribution in [0.3, 0.4) is 0 Å². The molecular weight excluding hydrogens is 278 g/mol. The van der Waals surface area contributed by atoms with E-state index in [-0.39, 0.29) is 11.9 Å². The SMILES string of the molecule is CC1Cc2ccccc2N1C(=O)CSc1nncs1. The van der Waals surface area contributed by atoms with Gasteiger partial charge in [-0.3, -0.25) is 4.79 Å². The number of anilines is 1. The number of para-hydroxylation sites is 1. The van der Waals surface area contributed by atoms with Gasteiger partial charge in [-0.2, -0.15) is 0 Å². The zero-order valence-electron chi connectivity index (χ0n) is 10.4. The van der Waals surface area contributed by atoms with Crippen molar-refractivity contribution >= 4 is 34.7 Å². The Balaban J connectivity index is 1.73. The highest BCUT2D eigenvalue weighted by molar-refractivity contribution is 8.01. The lowest BCUT2D eigenvalue weighted by atomic mass is 10.1. The van der Waals surface area contributed by atoms with Gasteiger partial charge < -0.3 is 4.90 Å². The highest BCUT2D eigenvalue weighted by Crippen LogP contribution is 2.32. The van der Waals surface area contributed by atoms with Crippen LogP contribution in [0.25, 0.3) is 0 Å². The van der Waals surface area contributed by atoms with E-state index in [1.165, 1.54) is 28.7 Å². The summed E-state index contributed by atoms with van der Waals surface area (Å²) >= 11 is 2.92. The first-order chi connectivity index (χ1) is 9.25. The number of rotatable bonds is 3. The Hall–Kier alpha value is -1.40. The lowest BCUT2D eigenvalue weighted by molar-refractivity contribution is -0.116. The molecule has 0 radical (unpaired) electrons. The van der Waals surface area contributed by atoms with Gasteiger partial charge in [-0.1, -0.05) is 41.3 Å². The molecule has 0 fully saturated rings. The summed E-state index contributed by atoms with van der Waals surface area (Å²) in [4.78, 5) is 14.3. The zero-order valence-corrected chi connectivity index (χ0v) is 12.1. The fraction of sp³-hybridized carbons (Fsp3) is 0.308. The van der Waals surface area contributed by atoms with Gasteiger partial charge in [0.25, 0.3) is 0 Å². The monoisotopic (exact) mass is 291 g/mol. The standard InChI is InChI=1S/C13H13N3OS2/c1-9-6-10-4-2-3-5-11(10)16(9)12(17)7-18-13-15-14-8-19-13/h2-5,8-9H,6-7H2,1H3. The molecule has 1 unspecified atom stereocenters. The van der Waals surface area contributed by atoms with Crippen LogP contribution in [0.4, 0.5) is 5.69 Å². The minimum absolute atomic E-state index is 0.137. The largest absolute Gasteiger partial charge is 0.308 e. The summed E-state index contributed by atoms with van der Waals surface area (Å²) in [6.07, 6.45) is 0.936. The minimum atomic E-state index is 0.137. The number of nitrogens with zero attached hydrogens (tertiary/aromatic N) is 3. The summed E-state index contributed by atoms with van der Waals surface area (Å²) in [5.74, 6) is 0.547. The molecule has 19 heavy (non-hydrogen) atoms. The van der Waals surface area contributed by atoms with E-state index in [4.69, 9.17) is 0 Å². The molecule has 6 heteroatoms. The van der Waals surface area contributed by atoms with Gasteiger partial charge in [0.2, 0.25) is 5.91 Å². The number of hydrogen-bond donors (Lipinski definition) is 0. The van der Waals surface area contributed by atoms with Gasteiger partial charge in [-0.25, -0.2) is 0 Å². The average molecular weight is 291 g/mol. The Morgan fingerprint density at radius 3 is 3.16 bits per heavy atom. The van der Waals surface area contributed by atoms with Gasteiger partial charge in [-0.15, -0.1) is 10.2 Å². The molecule has 1 aromatic carbocycles. The fourth-order valence-electron chi connectivity index (χ4n) is 2.36. The molecule has 0 N–H and O–H groups in total. The second kappa shape index (κ2) is 5.30. The third kappa shape index (κ3) is 2.50. The Bertz CT molecular complexity index is 585. The van der Waals surface area contributed by atoms with Crippen LogP contribution in [-0.4, -0.2) is 27.9 Å². The molecule has 1 amide bonds. The highest BCUT2D eigenvalue weighted by atomic mass is 32.2. The summed E-state index contributed by atoms with van der Waals surface area (Å²) in [7, 11) is 0. The van der Waals surface area contributed by atoms with E-state index < -0.39 is 0 Å². The normalized spacial score (nSPS) is 17.5. The highest BCUT2D eigenvalue weighted by Gasteiger charge is 2.30. The first-order valence-corrected chi connectivity index (χ1v) is 7.91. The Kier molecular flexibility index (Phi) is 3.52. The number of fused-ring (bicyclic) bond motifs is 1. The number of amides is 1. The van der Waals surface area contributed by atoms with Crippen LogP contribution in [0.15, 0.2) is 34.1 Å². The topological polar surface area (TPSA) is 46.1 Å². The van der Waals surface area contributed by atoms with Crippen molar-refractivity contribution in [2.45, 2.75) is 23.7 Å². The van der Waals surface area contributed by atoms with Crippen LogP contribution in [0.5, 0.6) is 0 Å². The maximum Gasteiger partial charge on any atom is 0.237 e. The predicted octanol–water partition coefficient (Wildman–Crippen LogP) is 2.61. The first-order valence-electron chi connectivity index (χ1n) is 6.04. The Labute approximate surface area is 119 Å². The third-order valence-electron chi connectivity index (χ3n) is 3.14. The van der Waals surface area contributed by atoms with E-state index in [2.05, 4.69) is 23.2 Å². The number of benzene rings is 1. The summed E-state index contributed by atoms with van der Waals surface area (Å²) in [6.45, 7) is 2.09. The summed E-state index contributed by atoms with van der Waals surface area (Å²) in [6, 6.07) is 8.35. The molecule has 3 rings (SSSR count). The molecule has 1 atom stereocenters. The maximum atomic E-state index is 12.4. The van der Waals surface area contributed by atoms with E-state index in [1.54, 1.807) is 5.51 Å². The molecular formula is C13H13N3OS2. The molecule has 0 saturated carbocycles. The van der Waals surface area contributed by atoms with Crippen LogP contribution in [-0.2, 0) is 11.2 Å². The fourth-order valence-corrected chi connectivity index (χ4v) is 3.71. The van der Waals surface area contributed by atoms with Crippen molar-refractivity contribution in [2.75, 3.05) is 10.7 Å². The quantitative estimate of drug-likeness (QED) is 0.816. The van der Waals surface area contributed by atoms with E-state index in [0.717, 1.165) is 16.4 Å². The summed E-state index contributed by atoms with van der Waals surface area (Å²) in [5, 5.41) is 7.71. The molecule has 0 bridgehead atoms. The number of aromatic nitrogens is 2. The lowest BCUT2D eigenvalue weighted by Gasteiger charge is -2.22. The zero-order chi connectivity index (χ0) is 13.2. The smallest absolute Gasteiger partial charge is 0.237 e. The molecule has 2 aromatic rings. The van der Waals surface area contributed by atoms with Gasteiger partial charge in [0.15, 0.2) is 4.34 Å². The second-order valence-corrected chi connectivity index (χ2v) is 6.49. The van der Waals surface area contributed by atoms with Crippen molar-refractivity contribution in [3.63, 3.8) is 0 Å². The van der Waals surface area contributed by atoms with Crippen molar-refractivity contribution < 1.29 is 4.79 Å². The van der Waals surface area contributed by atoms with E-state index in [9.17, 15) is 4.79 Å². The summed E-state index contributed by atoms with van der Waals surface area (Å²) < 4.78 is 0.841. The van der Waals surface area contributed by atoms with E-state index in [0.29, 0.717) is 5.75 Å². The van der Waals surface area contributed by atoms with Gasteiger partial charge in [-0.05, 0) is 25.0 Å². The van der Waals surface area contributed by atoms with Crippen molar-refractivity contribution in [3.05, 3.63) is 35.3 Å². The van der Waals surface area contributed by atoms with Crippen molar-refractivity contribution in [3.8, 4) is 0 Å². The molecule has 0 spiro atoms. The van der Waals surface area contributed by atoms with Crippen LogP contribution >= 0.6 is 23.1 Å². The van der Waals surface area contributed by atoms with Gasteiger partial charge in [0, 0.05) is 11.7 Å². The van der Waals surface area contributed by atoms with Crippen LogP contribution in [0.2, 0.25) is 0 Å². The van der Waals surface area contributed by atoms with E-state index in [1.807, 2.05) is 23.1 Å². The predicted molar refractivity (Wildman–Crippen MR) is 77.7 cm³/mol. The molecule has 1 aliphatic heterocycles. The molecule has 98 valence electrons. The third-order valence-corrected chi connectivity index (χ3v) is 4.98. The van der Waals surface area contributed by atoms with Gasteiger partial charge in [0.1, 0.15) is 5.51 Å². The Morgan fingerprint density at radius 1 is 1.53 bits per heavy atom. The number of hydrogen-bond acceptors (Lipinski definition) is 5. The lowest BCUT2D eigenvalue weighted by Crippen LogP contribution is -2.36. The van der Waals surface area contributed by atoms with Crippen molar-refractivity contribution in [1.82, 2.24) is 10.2 Å². The molecule has 0 saturated heterocycles. The van der Waals surface area contributed by atoms with Crippen LogP contribution in [0, 0.1) is 0 Å². The molecule has 1 aromatic heterocycles. The molecule has 0 aliphatic carbocycles. The van der Waals surface area contributed by atoms with Crippen LogP contribution < -0.4 is 4.90 Å². The second-order valence-electron chi connectivity index (χ2n) is 4.44. The van der Waals surface area contributed by atoms with Gasteiger partial charge >= 0.3 is 0 Å². The van der Waals surface area contributed by atoms with Crippen molar-refractivity contribution in [2.24, 2.45) is 0 Å². The maximum absolute atomic E-state index is 12.4. The van der Waals surface area contributed by atoms with Crippen LogP contribution in [0.1, 0.15) is 12.5 Å². The first kappa shape index (κ1) is 12.6. The molecule has 4 nitrogen and oxygen atoms in total. The van der Waals surface area contributed by atoms with E-state index >= 15 is 0 Å². The molecule has 1 aliphatic rings. The van der Waals surface area contributed by atoms with Gasteiger partial charge in [0.05, 0.1) is 5.75 Å².